The van der Waals surface area contributed by atoms with Crippen molar-refractivity contribution in [3.63, 3.8) is 0 Å². The van der Waals surface area contributed by atoms with Crippen LogP contribution in [0.4, 0.5) is 5.69 Å². The molecule has 15 heavy (non-hydrogen) atoms. The molecule has 1 aromatic rings. The van der Waals surface area contributed by atoms with Crippen molar-refractivity contribution in [2.75, 3.05) is 31.1 Å². The van der Waals surface area contributed by atoms with Gasteiger partial charge in [0.1, 0.15) is 0 Å². The number of rotatable bonds is 1. The zero-order valence-electron chi connectivity index (χ0n) is 9.08. The van der Waals surface area contributed by atoms with Crippen LogP contribution < -0.4 is 10.2 Å². The van der Waals surface area contributed by atoms with Gasteiger partial charge in [-0.2, -0.15) is 0 Å². The Hall–Kier alpha value is -1.02. The highest BCUT2D eigenvalue weighted by Gasteiger charge is 2.43. The molecule has 0 atom stereocenters. The molecule has 2 aliphatic heterocycles. The standard InChI is InChI=1S/C13H18N2/c1-2-5-12(6-3-1)15-10-13(11-15)7-4-8-14-9-13/h1-3,5-6,14H,4,7-11H2. The van der Waals surface area contributed by atoms with Gasteiger partial charge in [0.05, 0.1) is 0 Å². The second-order valence-corrected chi connectivity index (χ2v) is 4.97. The van der Waals surface area contributed by atoms with Gasteiger partial charge in [-0.3, -0.25) is 0 Å². The predicted molar refractivity (Wildman–Crippen MR) is 63.2 cm³/mol. The number of hydrogen-bond acceptors (Lipinski definition) is 2. The van der Waals surface area contributed by atoms with Crippen LogP contribution in [0.15, 0.2) is 30.3 Å². The summed E-state index contributed by atoms with van der Waals surface area (Å²) in [6.07, 6.45) is 2.76. The van der Waals surface area contributed by atoms with E-state index in [4.69, 9.17) is 0 Å². The van der Waals surface area contributed by atoms with E-state index in [0.29, 0.717) is 5.41 Å². The summed E-state index contributed by atoms with van der Waals surface area (Å²) in [6.45, 7) is 4.91. The van der Waals surface area contributed by atoms with E-state index in [1.807, 2.05) is 0 Å². The molecule has 3 rings (SSSR count). The molecule has 0 aromatic heterocycles. The van der Waals surface area contributed by atoms with Crippen LogP contribution in [-0.4, -0.2) is 26.2 Å². The van der Waals surface area contributed by atoms with Crippen LogP contribution >= 0.6 is 0 Å². The molecule has 1 spiro atoms. The molecule has 2 heterocycles. The largest absolute Gasteiger partial charge is 0.370 e. The van der Waals surface area contributed by atoms with Gasteiger partial charge in [-0.15, -0.1) is 0 Å². The number of para-hydroxylation sites is 1. The highest BCUT2D eigenvalue weighted by atomic mass is 15.2. The molecular formula is C13H18N2. The molecule has 2 nitrogen and oxygen atoms in total. The quantitative estimate of drug-likeness (QED) is 0.748. The molecule has 80 valence electrons. The molecule has 2 heteroatoms. The van der Waals surface area contributed by atoms with E-state index in [-0.39, 0.29) is 0 Å². The van der Waals surface area contributed by atoms with Gasteiger partial charge >= 0.3 is 0 Å². The molecule has 2 saturated heterocycles. The van der Waals surface area contributed by atoms with Gasteiger partial charge < -0.3 is 10.2 Å². The Balaban J connectivity index is 1.66. The van der Waals surface area contributed by atoms with Gasteiger partial charge in [0.15, 0.2) is 0 Å². The maximum atomic E-state index is 3.52. The normalized spacial score (nSPS) is 23.9. The van der Waals surface area contributed by atoms with E-state index in [1.54, 1.807) is 0 Å². The average Bonchev–Trinajstić information content (AvgIpc) is 2.28. The number of benzene rings is 1. The number of anilines is 1. The summed E-state index contributed by atoms with van der Waals surface area (Å²) < 4.78 is 0. The summed E-state index contributed by atoms with van der Waals surface area (Å²) in [4.78, 5) is 2.49. The van der Waals surface area contributed by atoms with Gasteiger partial charge in [0, 0.05) is 30.7 Å². The van der Waals surface area contributed by atoms with Crippen molar-refractivity contribution in [2.24, 2.45) is 5.41 Å². The van der Waals surface area contributed by atoms with Crippen molar-refractivity contribution in [3.05, 3.63) is 30.3 Å². The maximum Gasteiger partial charge on any atom is 0.0366 e. The zero-order valence-corrected chi connectivity index (χ0v) is 9.08. The number of piperidine rings is 1. The lowest BCUT2D eigenvalue weighted by Gasteiger charge is -2.53. The summed E-state index contributed by atoms with van der Waals surface area (Å²) in [5, 5.41) is 3.52. The van der Waals surface area contributed by atoms with E-state index in [0.717, 1.165) is 0 Å². The average molecular weight is 202 g/mol. The number of nitrogens with one attached hydrogen (secondary N) is 1. The Morgan fingerprint density at radius 1 is 1.13 bits per heavy atom. The molecule has 0 saturated carbocycles. The molecule has 2 aliphatic rings. The molecule has 2 fully saturated rings. The Morgan fingerprint density at radius 2 is 1.93 bits per heavy atom. The monoisotopic (exact) mass is 202 g/mol. The first kappa shape index (κ1) is 9.22. The molecule has 1 N–H and O–H groups in total. The van der Waals surface area contributed by atoms with Gasteiger partial charge in [-0.1, -0.05) is 18.2 Å². The van der Waals surface area contributed by atoms with Crippen molar-refractivity contribution < 1.29 is 0 Å². The lowest BCUT2D eigenvalue weighted by molar-refractivity contribution is 0.157. The van der Waals surface area contributed by atoms with E-state index in [2.05, 4.69) is 40.5 Å². The third-order valence-corrected chi connectivity index (χ3v) is 3.73. The minimum Gasteiger partial charge on any atom is -0.370 e. The molecule has 0 amide bonds. The fourth-order valence-corrected chi connectivity index (χ4v) is 2.89. The van der Waals surface area contributed by atoms with Gasteiger partial charge in [-0.05, 0) is 31.5 Å². The Morgan fingerprint density at radius 3 is 2.60 bits per heavy atom. The maximum absolute atomic E-state index is 3.52. The van der Waals surface area contributed by atoms with Crippen LogP contribution in [0.5, 0.6) is 0 Å². The Labute approximate surface area is 91.3 Å². The second-order valence-electron chi connectivity index (χ2n) is 4.97. The molecule has 0 radical (unpaired) electrons. The molecule has 1 aromatic carbocycles. The third kappa shape index (κ3) is 1.63. The second kappa shape index (κ2) is 3.53. The lowest BCUT2D eigenvalue weighted by atomic mass is 9.74. The summed E-state index contributed by atoms with van der Waals surface area (Å²) >= 11 is 0. The fraction of sp³-hybridized carbons (Fsp3) is 0.538. The van der Waals surface area contributed by atoms with Crippen LogP contribution in [-0.2, 0) is 0 Å². The van der Waals surface area contributed by atoms with Crippen molar-refractivity contribution in [3.8, 4) is 0 Å². The molecular weight excluding hydrogens is 184 g/mol. The fourth-order valence-electron chi connectivity index (χ4n) is 2.89. The van der Waals surface area contributed by atoms with Crippen LogP contribution in [0, 0.1) is 5.41 Å². The summed E-state index contributed by atoms with van der Waals surface area (Å²) in [5.41, 5.74) is 1.97. The van der Waals surface area contributed by atoms with Crippen molar-refractivity contribution >= 4 is 5.69 Å². The summed E-state index contributed by atoms with van der Waals surface area (Å²) in [6, 6.07) is 10.8. The van der Waals surface area contributed by atoms with Crippen LogP contribution in [0.3, 0.4) is 0 Å². The molecule has 0 bridgehead atoms. The molecule has 0 aliphatic carbocycles. The third-order valence-electron chi connectivity index (χ3n) is 3.73. The van der Waals surface area contributed by atoms with Crippen LogP contribution in [0.1, 0.15) is 12.8 Å². The minimum atomic E-state index is 0.591. The number of nitrogens with zero attached hydrogens (tertiary/aromatic N) is 1. The Bertz CT molecular complexity index is 320. The van der Waals surface area contributed by atoms with Crippen molar-refractivity contribution in [1.29, 1.82) is 0 Å². The van der Waals surface area contributed by atoms with E-state index in [1.165, 1.54) is 44.7 Å². The zero-order chi connectivity index (χ0) is 10.1. The van der Waals surface area contributed by atoms with Gasteiger partial charge in [-0.25, -0.2) is 0 Å². The van der Waals surface area contributed by atoms with Crippen molar-refractivity contribution in [2.45, 2.75) is 12.8 Å². The first-order valence-electron chi connectivity index (χ1n) is 5.89. The van der Waals surface area contributed by atoms with Gasteiger partial charge in [0.2, 0.25) is 0 Å². The van der Waals surface area contributed by atoms with Gasteiger partial charge in [0.25, 0.3) is 0 Å². The van der Waals surface area contributed by atoms with Crippen LogP contribution in [0.2, 0.25) is 0 Å². The van der Waals surface area contributed by atoms with Crippen molar-refractivity contribution in [1.82, 2.24) is 5.32 Å². The highest BCUT2D eigenvalue weighted by Crippen LogP contribution is 2.38. The van der Waals surface area contributed by atoms with E-state index >= 15 is 0 Å². The van der Waals surface area contributed by atoms with E-state index < -0.39 is 0 Å². The summed E-state index contributed by atoms with van der Waals surface area (Å²) in [5.74, 6) is 0. The summed E-state index contributed by atoms with van der Waals surface area (Å²) in [7, 11) is 0. The lowest BCUT2D eigenvalue weighted by Crippen LogP contribution is -2.62. The van der Waals surface area contributed by atoms with Crippen LogP contribution in [0.25, 0.3) is 0 Å². The smallest absolute Gasteiger partial charge is 0.0366 e. The highest BCUT2D eigenvalue weighted by molar-refractivity contribution is 5.49. The van der Waals surface area contributed by atoms with E-state index in [9.17, 15) is 0 Å². The predicted octanol–water partition coefficient (Wildman–Crippen LogP) is 1.88. The molecule has 0 unspecified atom stereocenters. The Kier molecular flexibility index (Phi) is 2.17. The number of hydrogen-bond donors (Lipinski definition) is 1. The topological polar surface area (TPSA) is 15.3 Å². The SMILES string of the molecule is c1ccc(N2CC3(CCCNC3)C2)cc1. The first-order chi connectivity index (χ1) is 7.38. The minimum absolute atomic E-state index is 0.591. The first-order valence-corrected chi connectivity index (χ1v) is 5.89.